The molecule has 0 spiro atoms. The smallest absolute Gasteiger partial charge is 0.305 e. The van der Waals surface area contributed by atoms with Crippen molar-refractivity contribution in [2.45, 2.75) is 336 Å². The van der Waals surface area contributed by atoms with Gasteiger partial charge in [-0.25, -0.2) is 0 Å². The van der Waals surface area contributed by atoms with Gasteiger partial charge in [-0.3, -0.25) is 9.59 Å². The highest BCUT2D eigenvalue weighted by atomic mass is 16.7. The fraction of sp³-hybridized carbons (Fsp3) is 0.969. The molecule has 10 nitrogen and oxygen atoms in total. The summed E-state index contributed by atoms with van der Waals surface area (Å²) in [4.78, 5) is 27.9. The van der Waals surface area contributed by atoms with Crippen molar-refractivity contribution in [3.8, 4) is 0 Å². The summed E-state index contributed by atoms with van der Waals surface area (Å²) in [5, 5.41) is 9.38. The Morgan fingerprint density at radius 3 is 0.811 bits per heavy atom. The number of ether oxygens (including phenoxy) is 6. The van der Waals surface area contributed by atoms with E-state index in [9.17, 15) is 14.7 Å². The molecule has 0 aromatic heterocycles. The van der Waals surface area contributed by atoms with Gasteiger partial charge in [0.05, 0.1) is 26.1 Å². The SMILES string of the molecule is CCCCCCCCCOC(CCC(=O)OCCCCCCCCCN(CCCCO)CCCCCCCOC(=O)CCC(OCCCCCCCCC)OCCCCCCCCC)OCCCCCCCCC. The molecule has 0 heterocycles. The van der Waals surface area contributed by atoms with Crippen LogP contribution in [-0.4, -0.2) is 100 Å². The van der Waals surface area contributed by atoms with Crippen LogP contribution in [0.15, 0.2) is 0 Å². The van der Waals surface area contributed by atoms with E-state index in [0.29, 0.717) is 65.3 Å². The molecule has 0 rings (SSSR count). The van der Waals surface area contributed by atoms with Gasteiger partial charge in [0.25, 0.3) is 0 Å². The molecule has 0 unspecified atom stereocenters. The van der Waals surface area contributed by atoms with E-state index in [1.165, 1.54) is 199 Å². The summed E-state index contributed by atoms with van der Waals surface area (Å²) in [7, 11) is 0. The average Bonchev–Trinajstić information content (AvgIpc) is 3.40. The Morgan fingerprint density at radius 2 is 0.541 bits per heavy atom. The van der Waals surface area contributed by atoms with Crippen molar-refractivity contribution in [3.63, 3.8) is 0 Å². The second-order valence-electron chi connectivity index (χ2n) is 21.9. The first-order chi connectivity index (χ1) is 36.5. The van der Waals surface area contributed by atoms with Gasteiger partial charge in [0, 0.05) is 45.9 Å². The van der Waals surface area contributed by atoms with Gasteiger partial charge in [-0.2, -0.15) is 0 Å². The fourth-order valence-electron chi connectivity index (χ4n) is 9.58. The van der Waals surface area contributed by atoms with Crippen LogP contribution in [0, 0.1) is 0 Å². The highest BCUT2D eigenvalue weighted by molar-refractivity contribution is 5.69. The zero-order chi connectivity index (χ0) is 53.7. The molecule has 10 heteroatoms. The molecule has 442 valence electrons. The van der Waals surface area contributed by atoms with E-state index < -0.39 is 0 Å². The van der Waals surface area contributed by atoms with Crippen LogP contribution in [0.5, 0.6) is 0 Å². The first-order valence-electron chi connectivity index (χ1n) is 32.6. The third-order valence-electron chi connectivity index (χ3n) is 14.5. The van der Waals surface area contributed by atoms with Crippen LogP contribution in [0.1, 0.15) is 323 Å². The molecule has 0 saturated heterocycles. The third-order valence-corrected chi connectivity index (χ3v) is 14.5. The Kier molecular flexibility index (Phi) is 61.4. The molecule has 0 aromatic carbocycles. The summed E-state index contributed by atoms with van der Waals surface area (Å²) in [5.41, 5.74) is 0. The maximum absolute atomic E-state index is 12.7. The van der Waals surface area contributed by atoms with Crippen LogP contribution in [0.2, 0.25) is 0 Å². The minimum absolute atomic E-state index is 0.134. The Morgan fingerprint density at radius 1 is 0.311 bits per heavy atom. The van der Waals surface area contributed by atoms with Crippen molar-refractivity contribution >= 4 is 11.9 Å². The Labute approximate surface area is 459 Å². The highest BCUT2D eigenvalue weighted by Gasteiger charge is 2.15. The topological polar surface area (TPSA) is 113 Å². The van der Waals surface area contributed by atoms with E-state index in [1.807, 2.05) is 0 Å². The zero-order valence-electron chi connectivity index (χ0n) is 49.9. The molecule has 0 fully saturated rings. The van der Waals surface area contributed by atoms with Crippen molar-refractivity contribution in [1.29, 1.82) is 0 Å². The molecular formula is C64H127NO9. The molecule has 0 saturated carbocycles. The van der Waals surface area contributed by atoms with Crippen LogP contribution < -0.4 is 0 Å². The molecule has 0 aromatic rings. The first kappa shape index (κ1) is 72.7. The number of hydrogen-bond acceptors (Lipinski definition) is 10. The number of esters is 2. The van der Waals surface area contributed by atoms with Crippen molar-refractivity contribution in [1.82, 2.24) is 4.90 Å². The number of unbranched alkanes of at least 4 members (excludes halogenated alkanes) is 35. The standard InChI is InChI=1S/C64H127NO9/c1-5-9-13-17-23-32-43-57-71-63(72-58-44-33-24-18-14-10-6-2)49-47-61(67)69-55-41-31-27-21-22-29-37-51-65(53-39-40-54-66)52-38-30-28-36-42-56-70-62(68)48-50-64(73-59-45-34-25-19-15-11-7-3)74-60-46-35-26-20-16-12-8-4/h63-64,66H,5-60H2,1-4H3. The summed E-state index contributed by atoms with van der Waals surface area (Å²) in [6.07, 6.45) is 51.8. The van der Waals surface area contributed by atoms with E-state index in [-0.39, 0.29) is 31.1 Å². The largest absolute Gasteiger partial charge is 0.466 e. The monoisotopic (exact) mass is 1050 g/mol. The van der Waals surface area contributed by atoms with E-state index in [0.717, 1.165) is 90.3 Å². The molecule has 0 amide bonds. The van der Waals surface area contributed by atoms with Crippen LogP contribution in [-0.2, 0) is 38.0 Å². The number of aliphatic hydroxyl groups excluding tert-OH is 1. The summed E-state index contributed by atoms with van der Waals surface area (Å²) in [6, 6.07) is 0. The van der Waals surface area contributed by atoms with Gasteiger partial charge < -0.3 is 38.4 Å². The predicted molar refractivity (Wildman–Crippen MR) is 312 cm³/mol. The van der Waals surface area contributed by atoms with Crippen molar-refractivity contribution in [2.75, 3.05) is 65.9 Å². The quantitative estimate of drug-likeness (QED) is 0.0359. The Bertz CT molecular complexity index is 1060. The van der Waals surface area contributed by atoms with Gasteiger partial charge in [0.2, 0.25) is 0 Å². The summed E-state index contributed by atoms with van der Waals surface area (Å²) < 4.78 is 35.8. The molecule has 1 N–H and O–H groups in total. The van der Waals surface area contributed by atoms with E-state index in [4.69, 9.17) is 28.4 Å². The van der Waals surface area contributed by atoms with Crippen LogP contribution in [0.3, 0.4) is 0 Å². The third kappa shape index (κ3) is 56.9. The summed E-state index contributed by atoms with van der Waals surface area (Å²) in [6.45, 7) is 16.4. The number of nitrogens with zero attached hydrogens (tertiary/aromatic N) is 1. The van der Waals surface area contributed by atoms with Crippen molar-refractivity contribution < 1.29 is 43.1 Å². The fourth-order valence-corrected chi connectivity index (χ4v) is 9.58. The lowest BCUT2D eigenvalue weighted by Gasteiger charge is -2.22. The second kappa shape index (κ2) is 62.5. The van der Waals surface area contributed by atoms with Crippen LogP contribution in [0.4, 0.5) is 0 Å². The first-order valence-corrected chi connectivity index (χ1v) is 32.6. The van der Waals surface area contributed by atoms with Gasteiger partial charge in [-0.05, 0) is 83.8 Å². The molecule has 0 aliphatic heterocycles. The van der Waals surface area contributed by atoms with Gasteiger partial charge in [0.15, 0.2) is 12.6 Å². The molecule has 74 heavy (non-hydrogen) atoms. The van der Waals surface area contributed by atoms with Gasteiger partial charge in [-0.15, -0.1) is 0 Å². The Balaban J connectivity index is 4.26. The molecular weight excluding hydrogens is 927 g/mol. The Hall–Kier alpha value is -1.30. The van der Waals surface area contributed by atoms with Crippen molar-refractivity contribution in [3.05, 3.63) is 0 Å². The number of carbonyl (C=O) groups excluding carboxylic acids is 2. The molecule has 0 aliphatic carbocycles. The summed E-state index contributed by atoms with van der Waals surface area (Å²) >= 11 is 0. The minimum Gasteiger partial charge on any atom is -0.466 e. The maximum Gasteiger partial charge on any atom is 0.305 e. The number of hydrogen-bond donors (Lipinski definition) is 1. The average molecular weight is 1050 g/mol. The lowest BCUT2D eigenvalue weighted by atomic mass is 10.1. The van der Waals surface area contributed by atoms with Gasteiger partial charge in [0.1, 0.15) is 0 Å². The molecule has 0 radical (unpaired) electrons. The van der Waals surface area contributed by atoms with Gasteiger partial charge >= 0.3 is 11.9 Å². The van der Waals surface area contributed by atoms with E-state index in [2.05, 4.69) is 32.6 Å². The normalized spacial score (nSPS) is 11.8. The summed E-state index contributed by atoms with van der Waals surface area (Å²) in [5.74, 6) is -0.273. The number of carbonyl (C=O) groups is 2. The maximum atomic E-state index is 12.7. The van der Waals surface area contributed by atoms with Gasteiger partial charge in [-0.1, -0.05) is 233 Å². The predicted octanol–water partition coefficient (Wildman–Crippen LogP) is 18.1. The molecule has 0 aliphatic rings. The van der Waals surface area contributed by atoms with E-state index in [1.54, 1.807) is 0 Å². The minimum atomic E-state index is -0.322. The van der Waals surface area contributed by atoms with Crippen LogP contribution >= 0.6 is 0 Å². The van der Waals surface area contributed by atoms with Crippen molar-refractivity contribution in [2.24, 2.45) is 0 Å². The second-order valence-corrected chi connectivity index (χ2v) is 21.9. The number of rotatable bonds is 64. The zero-order valence-corrected chi connectivity index (χ0v) is 49.9. The van der Waals surface area contributed by atoms with Crippen LogP contribution in [0.25, 0.3) is 0 Å². The molecule has 0 bridgehead atoms. The highest BCUT2D eigenvalue weighted by Crippen LogP contribution is 2.16. The molecule has 0 atom stereocenters. The lowest BCUT2D eigenvalue weighted by Crippen LogP contribution is -2.27. The lowest BCUT2D eigenvalue weighted by molar-refractivity contribution is -0.159. The van der Waals surface area contributed by atoms with E-state index >= 15 is 0 Å². The number of aliphatic hydroxyl groups is 1.